The third-order valence-corrected chi connectivity index (χ3v) is 4.66. The Morgan fingerprint density at radius 2 is 1.78 bits per heavy atom. The first-order chi connectivity index (χ1) is 13.1. The lowest BCUT2D eigenvalue weighted by Gasteiger charge is -2.13. The van der Waals surface area contributed by atoms with E-state index in [9.17, 15) is 0 Å². The van der Waals surface area contributed by atoms with Crippen LogP contribution in [0.3, 0.4) is 0 Å². The minimum Gasteiger partial charge on any atom is -0.378 e. The summed E-state index contributed by atoms with van der Waals surface area (Å²) in [4.78, 5) is 11.4. The molecule has 0 aliphatic carbocycles. The molecule has 6 nitrogen and oxygen atoms in total. The molecule has 0 aliphatic rings. The highest BCUT2D eigenvalue weighted by Gasteiger charge is 2.11. The summed E-state index contributed by atoms with van der Waals surface area (Å²) in [5.74, 6) is 1.49. The Labute approximate surface area is 158 Å². The van der Waals surface area contributed by atoms with Gasteiger partial charge in [-0.25, -0.2) is 9.97 Å². The largest absolute Gasteiger partial charge is 0.378 e. The van der Waals surface area contributed by atoms with Gasteiger partial charge >= 0.3 is 0 Å². The highest BCUT2D eigenvalue weighted by atomic mass is 15.4. The SMILES string of the molecule is Cc1nc2c3ccccc3nc(NCCCc3ccc(N(C)C)cc3)n2n1. The molecule has 2 aromatic carbocycles. The van der Waals surface area contributed by atoms with Crippen molar-refractivity contribution >= 4 is 28.2 Å². The van der Waals surface area contributed by atoms with Gasteiger partial charge in [-0.1, -0.05) is 24.3 Å². The van der Waals surface area contributed by atoms with Crippen LogP contribution in [0.25, 0.3) is 16.6 Å². The molecule has 0 amide bonds. The molecule has 0 saturated carbocycles. The van der Waals surface area contributed by atoms with Gasteiger partial charge in [0.25, 0.3) is 0 Å². The summed E-state index contributed by atoms with van der Waals surface area (Å²) in [6.07, 6.45) is 2.04. The van der Waals surface area contributed by atoms with Crippen LogP contribution in [-0.2, 0) is 6.42 Å². The van der Waals surface area contributed by atoms with E-state index >= 15 is 0 Å². The topological polar surface area (TPSA) is 58.4 Å². The molecule has 2 aromatic heterocycles. The third-order valence-electron chi connectivity index (χ3n) is 4.66. The minimum absolute atomic E-state index is 0.743. The highest BCUT2D eigenvalue weighted by Crippen LogP contribution is 2.20. The van der Waals surface area contributed by atoms with Crippen molar-refractivity contribution in [3.05, 3.63) is 59.9 Å². The lowest BCUT2D eigenvalue weighted by atomic mass is 10.1. The van der Waals surface area contributed by atoms with Crippen molar-refractivity contribution in [2.45, 2.75) is 19.8 Å². The van der Waals surface area contributed by atoms with Gasteiger partial charge in [-0.3, -0.25) is 0 Å². The maximum Gasteiger partial charge on any atom is 0.226 e. The molecule has 6 heteroatoms. The zero-order chi connectivity index (χ0) is 18.8. The second-order valence-corrected chi connectivity index (χ2v) is 6.94. The van der Waals surface area contributed by atoms with Crippen LogP contribution in [0.15, 0.2) is 48.5 Å². The molecular formula is C21H24N6. The predicted molar refractivity (Wildman–Crippen MR) is 111 cm³/mol. The normalized spacial score (nSPS) is 11.2. The molecule has 0 bridgehead atoms. The number of fused-ring (bicyclic) bond motifs is 3. The fraction of sp³-hybridized carbons (Fsp3) is 0.286. The fourth-order valence-electron chi connectivity index (χ4n) is 3.23. The Kier molecular flexibility index (Phi) is 4.62. The first-order valence-corrected chi connectivity index (χ1v) is 9.24. The van der Waals surface area contributed by atoms with E-state index in [-0.39, 0.29) is 0 Å². The van der Waals surface area contributed by atoms with Gasteiger partial charge in [0, 0.05) is 31.7 Å². The second-order valence-electron chi connectivity index (χ2n) is 6.94. The van der Waals surface area contributed by atoms with Gasteiger partial charge in [-0.2, -0.15) is 4.52 Å². The average Bonchev–Trinajstić information content (AvgIpc) is 3.07. The van der Waals surface area contributed by atoms with Crippen LogP contribution in [0.2, 0.25) is 0 Å². The van der Waals surface area contributed by atoms with Crippen LogP contribution in [-0.4, -0.2) is 40.2 Å². The predicted octanol–water partition coefficient (Wildman–Crippen LogP) is 3.70. The van der Waals surface area contributed by atoms with Gasteiger partial charge in [0.05, 0.1) is 5.52 Å². The molecule has 0 atom stereocenters. The standard InChI is InChI=1S/C21H24N6/c1-15-23-20-18-8-4-5-9-19(18)24-21(27(20)25-15)22-14-6-7-16-10-12-17(13-11-16)26(2)3/h4-5,8-13H,6-7,14H2,1-3H3,(H,22,24). The van der Waals surface area contributed by atoms with E-state index in [1.54, 1.807) is 0 Å². The second kappa shape index (κ2) is 7.23. The summed E-state index contributed by atoms with van der Waals surface area (Å²) >= 11 is 0. The third kappa shape index (κ3) is 3.56. The number of nitrogens with zero attached hydrogens (tertiary/aromatic N) is 5. The van der Waals surface area contributed by atoms with Gasteiger partial charge in [0.2, 0.25) is 5.95 Å². The molecule has 27 heavy (non-hydrogen) atoms. The Morgan fingerprint density at radius 3 is 2.56 bits per heavy atom. The molecule has 1 N–H and O–H groups in total. The van der Waals surface area contributed by atoms with Crippen LogP contribution in [0.5, 0.6) is 0 Å². The lowest BCUT2D eigenvalue weighted by Crippen LogP contribution is -2.10. The number of hydrogen-bond acceptors (Lipinski definition) is 5. The maximum atomic E-state index is 4.74. The summed E-state index contributed by atoms with van der Waals surface area (Å²) in [6.45, 7) is 2.73. The van der Waals surface area contributed by atoms with E-state index in [2.05, 4.69) is 58.7 Å². The summed E-state index contributed by atoms with van der Waals surface area (Å²) in [5, 5.41) is 8.95. The number of nitrogens with one attached hydrogen (secondary N) is 1. The number of benzene rings is 2. The number of anilines is 2. The highest BCUT2D eigenvalue weighted by molar-refractivity contribution is 5.92. The van der Waals surface area contributed by atoms with Gasteiger partial charge in [-0.05, 0) is 49.6 Å². The van der Waals surface area contributed by atoms with Crippen molar-refractivity contribution < 1.29 is 0 Å². The molecule has 2 heterocycles. The molecular weight excluding hydrogens is 336 g/mol. The number of aromatic nitrogens is 4. The Balaban J connectivity index is 1.47. The number of rotatable bonds is 6. The molecule has 0 radical (unpaired) electrons. The van der Waals surface area contributed by atoms with E-state index in [1.165, 1.54) is 11.3 Å². The van der Waals surface area contributed by atoms with E-state index in [0.717, 1.165) is 47.7 Å². The van der Waals surface area contributed by atoms with Crippen LogP contribution in [0.4, 0.5) is 11.6 Å². The molecule has 0 aliphatic heterocycles. The Morgan fingerprint density at radius 1 is 1.00 bits per heavy atom. The molecule has 4 aromatic rings. The number of aryl methyl sites for hydroxylation is 2. The van der Waals surface area contributed by atoms with Crippen molar-refractivity contribution in [3.63, 3.8) is 0 Å². The van der Waals surface area contributed by atoms with Crippen LogP contribution in [0.1, 0.15) is 17.8 Å². The van der Waals surface area contributed by atoms with Crippen LogP contribution in [0, 0.1) is 6.92 Å². The Hall–Kier alpha value is -3.15. The molecule has 138 valence electrons. The van der Waals surface area contributed by atoms with E-state index in [0.29, 0.717) is 0 Å². The quantitative estimate of drug-likeness (QED) is 0.531. The fourth-order valence-corrected chi connectivity index (χ4v) is 3.23. The van der Waals surface area contributed by atoms with E-state index < -0.39 is 0 Å². The first-order valence-electron chi connectivity index (χ1n) is 9.24. The molecule has 0 fully saturated rings. The monoisotopic (exact) mass is 360 g/mol. The maximum absolute atomic E-state index is 4.74. The van der Waals surface area contributed by atoms with Crippen LogP contribution >= 0.6 is 0 Å². The molecule has 0 spiro atoms. The summed E-state index contributed by atoms with van der Waals surface area (Å²) in [6, 6.07) is 16.8. The van der Waals surface area contributed by atoms with Crippen molar-refractivity contribution in [3.8, 4) is 0 Å². The average molecular weight is 360 g/mol. The zero-order valence-corrected chi connectivity index (χ0v) is 16.0. The molecule has 0 unspecified atom stereocenters. The number of para-hydroxylation sites is 1. The van der Waals surface area contributed by atoms with Gasteiger partial charge in [0.15, 0.2) is 5.65 Å². The number of hydrogen-bond donors (Lipinski definition) is 1. The smallest absolute Gasteiger partial charge is 0.226 e. The van der Waals surface area contributed by atoms with Gasteiger partial charge in [-0.15, -0.1) is 5.10 Å². The zero-order valence-electron chi connectivity index (χ0n) is 16.0. The first kappa shape index (κ1) is 17.3. The van der Waals surface area contributed by atoms with Gasteiger partial charge in [0.1, 0.15) is 5.82 Å². The summed E-state index contributed by atoms with van der Waals surface area (Å²) in [5.41, 5.74) is 4.34. The molecule has 0 saturated heterocycles. The van der Waals surface area contributed by atoms with Crippen molar-refractivity contribution in [1.29, 1.82) is 0 Å². The Bertz CT molecular complexity index is 1070. The summed E-state index contributed by atoms with van der Waals surface area (Å²) in [7, 11) is 4.12. The van der Waals surface area contributed by atoms with Gasteiger partial charge < -0.3 is 10.2 Å². The van der Waals surface area contributed by atoms with Crippen molar-refractivity contribution in [2.24, 2.45) is 0 Å². The van der Waals surface area contributed by atoms with E-state index in [4.69, 9.17) is 4.98 Å². The van der Waals surface area contributed by atoms with E-state index in [1.807, 2.05) is 35.7 Å². The van der Waals surface area contributed by atoms with Crippen LogP contribution < -0.4 is 10.2 Å². The lowest BCUT2D eigenvalue weighted by molar-refractivity contribution is 0.833. The minimum atomic E-state index is 0.743. The summed E-state index contributed by atoms with van der Waals surface area (Å²) < 4.78 is 1.81. The van der Waals surface area contributed by atoms with Crippen molar-refractivity contribution in [2.75, 3.05) is 30.9 Å². The van der Waals surface area contributed by atoms with Crippen molar-refractivity contribution in [1.82, 2.24) is 19.6 Å². The molecule has 4 rings (SSSR count).